The molecule has 0 saturated carbocycles. The first-order chi connectivity index (χ1) is 17.6. The predicted molar refractivity (Wildman–Crippen MR) is 136 cm³/mol. The van der Waals surface area contributed by atoms with E-state index in [9.17, 15) is 36.2 Å². The van der Waals surface area contributed by atoms with E-state index < -0.39 is 41.9 Å². The minimum absolute atomic E-state index is 0.0524. The zero-order chi connectivity index (χ0) is 29.6. The van der Waals surface area contributed by atoms with Crippen LogP contribution in [0.2, 0.25) is 0 Å². The van der Waals surface area contributed by atoms with Crippen molar-refractivity contribution < 1.29 is 41.0 Å². The Hall–Kier alpha value is -3.11. The van der Waals surface area contributed by atoms with E-state index in [4.69, 9.17) is 4.74 Å². The molecular weight excluding hydrogens is 526 g/mol. The van der Waals surface area contributed by atoms with E-state index in [0.29, 0.717) is 11.1 Å². The SMILES string of the molecule is CC(C)(C)C.CC1(C)CN(CC(F)(F)F)c2c(cc(C(F)(F)F)cc2-c2cccc(N3CC(C(=O)[O-])C3)c2)O1. The highest BCUT2D eigenvalue weighted by Crippen LogP contribution is 2.48. The third kappa shape index (κ3) is 8.19. The summed E-state index contributed by atoms with van der Waals surface area (Å²) in [6, 6.07) is 7.80. The summed E-state index contributed by atoms with van der Waals surface area (Å²) in [4.78, 5) is 13.7. The summed E-state index contributed by atoms with van der Waals surface area (Å²) in [5.74, 6) is -2.14. The largest absolute Gasteiger partial charge is 0.550 e. The number of rotatable bonds is 4. The fourth-order valence-electron chi connectivity index (χ4n) is 4.32. The van der Waals surface area contributed by atoms with Crippen LogP contribution in [-0.4, -0.2) is 43.9 Å². The molecule has 2 aliphatic rings. The van der Waals surface area contributed by atoms with Crippen LogP contribution in [0.5, 0.6) is 5.75 Å². The zero-order valence-corrected chi connectivity index (χ0v) is 22.8. The van der Waals surface area contributed by atoms with Crippen molar-refractivity contribution in [2.45, 2.75) is 59.5 Å². The summed E-state index contributed by atoms with van der Waals surface area (Å²) >= 11 is 0. The molecule has 0 bridgehead atoms. The van der Waals surface area contributed by atoms with Crippen molar-refractivity contribution in [3.63, 3.8) is 0 Å². The number of carboxylic acids is 1. The van der Waals surface area contributed by atoms with E-state index in [1.54, 1.807) is 17.0 Å². The molecule has 2 aliphatic heterocycles. The second kappa shape index (κ2) is 10.5. The summed E-state index contributed by atoms with van der Waals surface area (Å²) in [6.45, 7) is 10.6. The number of carbonyl (C=O) groups excluding carboxylic acids is 1. The Morgan fingerprint density at radius 2 is 1.62 bits per heavy atom. The predicted octanol–water partition coefficient (Wildman–Crippen LogP) is 6.15. The summed E-state index contributed by atoms with van der Waals surface area (Å²) in [6.07, 6.45) is -9.34. The van der Waals surface area contributed by atoms with Crippen LogP contribution in [-0.2, 0) is 11.0 Å². The third-order valence-electron chi connectivity index (χ3n) is 5.78. The zero-order valence-electron chi connectivity index (χ0n) is 22.8. The van der Waals surface area contributed by atoms with E-state index in [-0.39, 0.29) is 42.2 Å². The summed E-state index contributed by atoms with van der Waals surface area (Å²) < 4.78 is 87.0. The molecule has 0 amide bonds. The van der Waals surface area contributed by atoms with E-state index in [2.05, 4.69) is 27.7 Å². The van der Waals surface area contributed by atoms with Gasteiger partial charge in [-0.25, -0.2) is 0 Å². The molecule has 2 heterocycles. The Morgan fingerprint density at radius 1 is 1.03 bits per heavy atom. The van der Waals surface area contributed by atoms with Gasteiger partial charge in [-0.15, -0.1) is 0 Å². The van der Waals surface area contributed by atoms with E-state index in [1.165, 1.54) is 26.0 Å². The van der Waals surface area contributed by atoms with Crippen molar-refractivity contribution in [1.82, 2.24) is 0 Å². The van der Waals surface area contributed by atoms with Crippen molar-refractivity contribution in [1.29, 1.82) is 0 Å². The molecule has 4 rings (SSSR count). The number of halogens is 6. The van der Waals surface area contributed by atoms with Crippen LogP contribution in [0.3, 0.4) is 0 Å². The molecule has 0 aliphatic carbocycles. The van der Waals surface area contributed by atoms with Crippen LogP contribution in [0.15, 0.2) is 36.4 Å². The number of benzene rings is 2. The van der Waals surface area contributed by atoms with Gasteiger partial charge in [0.15, 0.2) is 0 Å². The first kappa shape index (κ1) is 30.4. The Morgan fingerprint density at radius 3 is 2.13 bits per heavy atom. The number of fused-ring (bicyclic) bond motifs is 1. The van der Waals surface area contributed by atoms with Gasteiger partial charge in [-0.1, -0.05) is 39.8 Å². The average molecular weight is 560 g/mol. The molecule has 5 nitrogen and oxygen atoms in total. The van der Waals surface area contributed by atoms with Gasteiger partial charge < -0.3 is 24.4 Å². The van der Waals surface area contributed by atoms with E-state index >= 15 is 0 Å². The van der Waals surface area contributed by atoms with Gasteiger partial charge in [-0.2, -0.15) is 26.3 Å². The number of alkyl halides is 6. The molecule has 0 atom stereocenters. The van der Waals surface area contributed by atoms with Gasteiger partial charge in [-0.05, 0) is 49.1 Å². The highest BCUT2D eigenvalue weighted by Gasteiger charge is 2.42. The highest BCUT2D eigenvalue weighted by atomic mass is 19.4. The topological polar surface area (TPSA) is 55.8 Å². The Labute approximate surface area is 224 Å². The molecule has 0 aromatic heterocycles. The molecular formula is C28H33F6N2O3-. The maximum atomic E-state index is 13.7. The summed E-state index contributed by atoms with van der Waals surface area (Å²) in [5, 5.41) is 11.0. The smallest absolute Gasteiger partial charge is 0.416 e. The molecule has 216 valence electrons. The van der Waals surface area contributed by atoms with Crippen LogP contribution in [0.25, 0.3) is 11.1 Å². The fraction of sp³-hybridized carbons (Fsp3) is 0.536. The quantitative estimate of drug-likeness (QED) is 0.421. The van der Waals surface area contributed by atoms with Gasteiger partial charge in [0.1, 0.15) is 17.9 Å². The number of ether oxygens (including phenoxy) is 1. The van der Waals surface area contributed by atoms with Crippen molar-refractivity contribution in [2.75, 3.05) is 36.0 Å². The normalized spacial score (nSPS) is 17.4. The fourth-order valence-corrected chi connectivity index (χ4v) is 4.32. The minimum atomic E-state index is -4.75. The summed E-state index contributed by atoms with van der Waals surface area (Å²) in [5.41, 5.74) is -1.02. The lowest BCUT2D eigenvalue weighted by Crippen LogP contribution is -2.54. The maximum Gasteiger partial charge on any atom is 0.416 e. The van der Waals surface area contributed by atoms with Crippen molar-refractivity contribution in [3.05, 3.63) is 42.0 Å². The monoisotopic (exact) mass is 559 g/mol. The molecule has 0 N–H and O–H groups in total. The van der Waals surface area contributed by atoms with Crippen molar-refractivity contribution in [2.24, 2.45) is 11.3 Å². The van der Waals surface area contributed by atoms with Gasteiger partial charge in [-0.3, -0.25) is 0 Å². The van der Waals surface area contributed by atoms with Crippen molar-refractivity contribution in [3.8, 4) is 16.9 Å². The maximum absolute atomic E-state index is 13.7. The first-order valence-electron chi connectivity index (χ1n) is 12.5. The highest BCUT2D eigenvalue weighted by molar-refractivity contribution is 5.86. The Kier molecular flexibility index (Phi) is 8.16. The summed E-state index contributed by atoms with van der Waals surface area (Å²) in [7, 11) is 0. The van der Waals surface area contributed by atoms with Gasteiger partial charge in [0, 0.05) is 36.2 Å². The minimum Gasteiger partial charge on any atom is -0.550 e. The van der Waals surface area contributed by atoms with Gasteiger partial charge in [0.25, 0.3) is 0 Å². The molecule has 2 aromatic carbocycles. The number of nitrogens with zero attached hydrogens (tertiary/aromatic N) is 2. The Balaban J connectivity index is 0.000000771. The third-order valence-corrected chi connectivity index (χ3v) is 5.78. The van der Waals surface area contributed by atoms with Crippen molar-refractivity contribution >= 4 is 17.3 Å². The number of hydrogen-bond acceptors (Lipinski definition) is 5. The van der Waals surface area contributed by atoms with Crippen LogP contribution in [0.4, 0.5) is 37.7 Å². The van der Waals surface area contributed by atoms with Crippen LogP contribution >= 0.6 is 0 Å². The van der Waals surface area contributed by atoms with Crippen LogP contribution < -0.4 is 19.6 Å². The molecule has 39 heavy (non-hydrogen) atoms. The number of hydrogen-bond donors (Lipinski definition) is 0. The van der Waals surface area contributed by atoms with Gasteiger partial charge in [0.05, 0.1) is 17.8 Å². The number of carbonyl (C=O) groups is 1. The number of carboxylic acid groups (broad SMARTS) is 1. The second-order valence-corrected chi connectivity index (χ2v) is 12.2. The second-order valence-electron chi connectivity index (χ2n) is 12.2. The van der Waals surface area contributed by atoms with E-state index in [0.717, 1.165) is 17.0 Å². The Bertz CT molecular complexity index is 1190. The lowest BCUT2D eigenvalue weighted by Gasteiger charge is -2.43. The molecule has 1 saturated heterocycles. The molecule has 11 heteroatoms. The standard InChI is InChI=1S/C23H22F6N2O3.C5H12/c1-21(2)11-31(12-22(24,25)26)19-17(7-15(23(27,28)29)8-18(19)34-21)13-4-3-5-16(6-13)30-9-14(10-30)20(32)33;1-5(2,3)4/h3-8,14H,9-12H2,1-2H3,(H,32,33);1-4H3/p-1. The van der Waals surface area contributed by atoms with E-state index in [1.807, 2.05) is 0 Å². The lowest BCUT2D eigenvalue weighted by molar-refractivity contribution is -0.312. The van der Waals surface area contributed by atoms with Gasteiger partial charge in [0.2, 0.25) is 0 Å². The molecule has 0 unspecified atom stereocenters. The molecule has 1 fully saturated rings. The molecule has 0 spiro atoms. The molecule has 2 aromatic rings. The number of anilines is 2. The van der Waals surface area contributed by atoms with Crippen LogP contribution in [0.1, 0.15) is 47.1 Å². The lowest BCUT2D eigenvalue weighted by atomic mass is 9.94. The van der Waals surface area contributed by atoms with Gasteiger partial charge >= 0.3 is 12.4 Å². The van der Waals surface area contributed by atoms with Crippen LogP contribution in [0, 0.1) is 11.3 Å². The number of aliphatic carboxylic acids is 1. The average Bonchev–Trinajstić information content (AvgIpc) is 2.67. The first-order valence-corrected chi connectivity index (χ1v) is 12.5. The molecule has 0 radical (unpaired) electrons.